The monoisotopic (exact) mass is 216 g/mol. The van der Waals surface area contributed by atoms with Gasteiger partial charge in [-0.05, 0) is 18.9 Å². The number of nitrogens with zero attached hydrogens (tertiary/aromatic N) is 3. The van der Waals surface area contributed by atoms with Gasteiger partial charge in [0.1, 0.15) is 0 Å². The highest BCUT2D eigenvalue weighted by Gasteiger charge is 2.23. The van der Waals surface area contributed by atoms with Crippen LogP contribution in [0.25, 0.3) is 0 Å². The molecule has 4 nitrogen and oxygen atoms in total. The molecule has 0 aromatic rings. The van der Waals surface area contributed by atoms with Crippen LogP contribution in [0, 0.1) is 0 Å². The Hall–Kier alpha value is -1.42. The maximum Gasteiger partial charge on any atom is 0.0819 e. The molecule has 0 radical (unpaired) electrons. The first-order valence-corrected chi connectivity index (χ1v) is 5.83. The van der Waals surface area contributed by atoms with Gasteiger partial charge in [-0.3, -0.25) is 9.98 Å². The van der Waals surface area contributed by atoms with Crippen LogP contribution in [0.4, 0.5) is 0 Å². The van der Waals surface area contributed by atoms with Crippen LogP contribution in [-0.2, 0) is 0 Å². The molecule has 0 unspecified atom stereocenters. The van der Waals surface area contributed by atoms with Gasteiger partial charge in [0, 0.05) is 37.1 Å². The summed E-state index contributed by atoms with van der Waals surface area (Å²) in [6, 6.07) is 0.370. The number of nitrogens with two attached hydrogens (primary N) is 1. The van der Waals surface area contributed by atoms with Crippen molar-refractivity contribution in [3.05, 3.63) is 23.5 Å². The number of dihydropyridines is 1. The molecule has 1 saturated heterocycles. The Bertz CT molecular complexity index is 409. The topological polar surface area (TPSA) is 54.0 Å². The summed E-state index contributed by atoms with van der Waals surface area (Å²) in [5.41, 5.74) is 9.51. The summed E-state index contributed by atoms with van der Waals surface area (Å²) in [4.78, 5) is 11.1. The predicted molar refractivity (Wildman–Crippen MR) is 65.7 cm³/mol. The van der Waals surface area contributed by atoms with Crippen LogP contribution in [0.15, 0.2) is 33.5 Å². The molecule has 3 aliphatic heterocycles. The van der Waals surface area contributed by atoms with Crippen molar-refractivity contribution in [2.24, 2.45) is 15.7 Å². The van der Waals surface area contributed by atoms with Crippen molar-refractivity contribution in [3.8, 4) is 0 Å². The first-order valence-electron chi connectivity index (χ1n) is 5.83. The van der Waals surface area contributed by atoms with Crippen LogP contribution in [0.2, 0.25) is 0 Å². The molecule has 1 fully saturated rings. The Morgan fingerprint density at radius 2 is 2.12 bits per heavy atom. The number of hydrogen-bond acceptors (Lipinski definition) is 4. The minimum absolute atomic E-state index is 0.370. The standard InChI is InChI=1S/C12H16N4/c13-9-2-5-16(6-3-9)12-8-14-7-11-10(12)1-4-15-11/h1,4,8-9H,2-3,5-7,13H2. The first kappa shape index (κ1) is 9.78. The van der Waals surface area contributed by atoms with Gasteiger partial charge in [0.05, 0.1) is 18.0 Å². The van der Waals surface area contributed by atoms with Gasteiger partial charge in [-0.15, -0.1) is 0 Å². The third kappa shape index (κ3) is 1.59. The summed E-state index contributed by atoms with van der Waals surface area (Å²) >= 11 is 0. The first-order chi connectivity index (χ1) is 7.84. The van der Waals surface area contributed by atoms with Gasteiger partial charge in [0.15, 0.2) is 0 Å². The fourth-order valence-corrected chi connectivity index (χ4v) is 2.41. The van der Waals surface area contributed by atoms with E-state index in [2.05, 4.69) is 21.0 Å². The zero-order chi connectivity index (χ0) is 11.0. The van der Waals surface area contributed by atoms with E-state index in [4.69, 9.17) is 5.73 Å². The average molecular weight is 216 g/mol. The summed E-state index contributed by atoms with van der Waals surface area (Å²) in [6.07, 6.45) is 8.09. The van der Waals surface area contributed by atoms with Gasteiger partial charge in [-0.2, -0.15) is 0 Å². The number of fused-ring (bicyclic) bond motifs is 1. The molecular weight excluding hydrogens is 200 g/mol. The van der Waals surface area contributed by atoms with Crippen LogP contribution in [0.5, 0.6) is 0 Å². The Balaban J connectivity index is 1.86. The van der Waals surface area contributed by atoms with Crippen molar-refractivity contribution in [1.29, 1.82) is 0 Å². The lowest BCUT2D eigenvalue weighted by Crippen LogP contribution is -2.40. The van der Waals surface area contributed by atoms with Gasteiger partial charge in [0.25, 0.3) is 0 Å². The molecular formula is C12H16N4. The maximum absolute atomic E-state index is 5.92. The summed E-state index contributed by atoms with van der Waals surface area (Å²) in [5, 5.41) is 0. The molecule has 2 N–H and O–H groups in total. The fourth-order valence-electron chi connectivity index (χ4n) is 2.41. The lowest BCUT2D eigenvalue weighted by Gasteiger charge is -2.34. The SMILES string of the molecule is NC1CCN(C2=C3C=CN=C3CN=C2)CC1. The second kappa shape index (κ2) is 3.87. The summed E-state index contributed by atoms with van der Waals surface area (Å²) < 4.78 is 0. The molecule has 16 heavy (non-hydrogen) atoms. The number of hydrogen-bond donors (Lipinski definition) is 1. The molecule has 0 bridgehead atoms. The Morgan fingerprint density at radius 1 is 1.31 bits per heavy atom. The van der Waals surface area contributed by atoms with Crippen molar-refractivity contribution in [2.75, 3.05) is 19.6 Å². The smallest absolute Gasteiger partial charge is 0.0819 e. The van der Waals surface area contributed by atoms with Crippen LogP contribution >= 0.6 is 0 Å². The Labute approximate surface area is 95.2 Å². The number of aliphatic imine (C=N–C) groups is 2. The van der Waals surface area contributed by atoms with Crippen molar-refractivity contribution in [3.63, 3.8) is 0 Å². The minimum atomic E-state index is 0.370. The summed E-state index contributed by atoms with van der Waals surface area (Å²) in [5.74, 6) is 0. The van der Waals surface area contributed by atoms with Crippen LogP contribution in [-0.4, -0.2) is 42.5 Å². The van der Waals surface area contributed by atoms with Crippen LogP contribution in [0.1, 0.15) is 12.8 Å². The average Bonchev–Trinajstić information content (AvgIpc) is 2.78. The van der Waals surface area contributed by atoms with Gasteiger partial charge < -0.3 is 10.6 Å². The van der Waals surface area contributed by atoms with E-state index < -0.39 is 0 Å². The molecule has 3 rings (SSSR count). The van der Waals surface area contributed by atoms with Crippen molar-refractivity contribution >= 4 is 11.9 Å². The van der Waals surface area contributed by atoms with E-state index in [1.807, 2.05) is 12.4 Å². The van der Waals surface area contributed by atoms with Crippen LogP contribution in [0.3, 0.4) is 0 Å². The summed E-state index contributed by atoms with van der Waals surface area (Å²) in [7, 11) is 0. The number of allylic oxidation sites excluding steroid dienone is 2. The lowest BCUT2D eigenvalue weighted by molar-refractivity contribution is 0.274. The maximum atomic E-state index is 5.92. The highest BCUT2D eigenvalue weighted by molar-refractivity contribution is 6.12. The molecule has 0 saturated carbocycles. The Kier molecular flexibility index (Phi) is 2.36. The highest BCUT2D eigenvalue weighted by Crippen LogP contribution is 2.22. The quantitative estimate of drug-likeness (QED) is 0.702. The van der Waals surface area contributed by atoms with Crippen LogP contribution < -0.4 is 5.73 Å². The second-order valence-electron chi connectivity index (χ2n) is 4.48. The van der Waals surface area contributed by atoms with Gasteiger partial charge in [0.2, 0.25) is 0 Å². The third-order valence-electron chi connectivity index (χ3n) is 3.39. The number of likely N-dealkylation sites (tertiary alicyclic amines) is 1. The van der Waals surface area contributed by atoms with E-state index in [1.165, 1.54) is 11.3 Å². The molecule has 0 aromatic heterocycles. The third-order valence-corrected chi connectivity index (χ3v) is 3.39. The molecule has 84 valence electrons. The van der Waals surface area contributed by atoms with Gasteiger partial charge >= 0.3 is 0 Å². The van der Waals surface area contributed by atoms with E-state index in [0.29, 0.717) is 6.04 Å². The molecule has 0 atom stereocenters. The zero-order valence-electron chi connectivity index (χ0n) is 9.26. The van der Waals surface area contributed by atoms with Gasteiger partial charge in [-0.25, -0.2) is 0 Å². The van der Waals surface area contributed by atoms with E-state index in [0.717, 1.165) is 38.2 Å². The number of rotatable bonds is 1. The Morgan fingerprint density at radius 3 is 2.94 bits per heavy atom. The van der Waals surface area contributed by atoms with Crippen molar-refractivity contribution < 1.29 is 0 Å². The summed E-state index contributed by atoms with van der Waals surface area (Å²) in [6.45, 7) is 2.79. The molecule has 3 aliphatic rings. The zero-order valence-corrected chi connectivity index (χ0v) is 9.26. The number of piperidine rings is 1. The molecule has 4 heteroatoms. The molecule has 0 amide bonds. The highest BCUT2D eigenvalue weighted by atomic mass is 15.2. The lowest BCUT2D eigenvalue weighted by atomic mass is 10.0. The van der Waals surface area contributed by atoms with Gasteiger partial charge in [-0.1, -0.05) is 0 Å². The fraction of sp³-hybridized carbons (Fsp3) is 0.500. The van der Waals surface area contributed by atoms with E-state index >= 15 is 0 Å². The van der Waals surface area contributed by atoms with Crippen molar-refractivity contribution in [1.82, 2.24) is 4.90 Å². The molecule has 0 aliphatic carbocycles. The van der Waals surface area contributed by atoms with E-state index in [9.17, 15) is 0 Å². The molecule has 0 spiro atoms. The van der Waals surface area contributed by atoms with E-state index in [-0.39, 0.29) is 0 Å². The molecule has 3 heterocycles. The predicted octanol–water partition coefficient (Wildman–Crippen LogP) is 0.716. The van der Waals surface area contributed by atoms with Crippen molar-refractivity contribution in [2.45, 2.75) is 18.9 Å². The minimum Gasteiger partial charge on any atom is -0.370 e. The second-order valence-corrected chi connectivity index (χ2v) is 4.48. The largest absolute Gasteiger partial charge is 0.370 e. The molecule has 0 aromatic carbocycles. The van der Waals surface area contributed by atoms with E-state index in [1.54, 1.807) is 0 Å². The normalized spacial score (nSPS) is 25.1.